The summed E-state index contributed by atoms with van der Waals surface area (Å²) in [6, 6.07) is 4.78. The predicted molar refractivity (Wildman–Crippen MR) is 61.9 cm³/mol. The zero-order chi connectivity index (χ0) is 14.0. The highest BCUT2D eigenvalue weighted by atomic mass is 19.4. The first-order valence-electron chi connectivity index (χ1n) is 5.82. The topological polar surface area (TPSA) is 40.5 Å². The molecule has 0 heterocycles. The van der Waals surface area contributed by atoms with E-state index in [-0.39, 0.29) is 18.4 Å². The van der Waals surface area contributed by atoms with Gasteiger partial charge in [0.25, 0.3) is 0 Å². The maximum absolute atomic E-state index is 12.8. The van der Waals surface area contributed by atoms with Crippen molar-refractivity contribution in [2.75, 3.05) is 0 Å². The second-order valence-corrected chi connectivity index (χ2v) is 4.30. The first-order valence-corrected chi connectivity index (χ1v) is 5.82. The summed E-state index contributed by atoms with van der Waals surface area (Å²) in [5.41, 5.74) is -2.73. The molecule has 1 rings (SSSR count). The molecule has 2 N–H and O–H groups in total. The highest BCUT2D eigenvalue weighted by Gasteiger charge is 2.40. The second-order valence-electron chi connectivity index (χ2n) is 4.30. The average Bonchev–Trinajstić information content (AvgIpc) is 2.36. The molecule has 0 bridgehead atoms. The standard InChI is InChI=1S/C13H17F3O2/c1-3-12(18,4-2)11(17)9-7-5-6-8-10(9)13(14,15)16/h5-8,11,17-18H,3-4H2,1-2H3. The molecule has 0 saturated carbocycles. The zero-order valence-electron chi connectivity index (χ0n) is 10.3. The van der Waals surface area contributed by atoms with Gasteiger partial charge in [-0.1, -0.05) is 32.0 Å². The maximum atomic E-state index is 12.8. The van der Waals surface area contributed by atoms with Crippen LogP contribution in [0.5, 0.6) is 0 Å². The fourth-order valence-electron chi connectivity index (χ4n) is 1.92. The van der Waals surface area contributed by atoms with Crippen LogP contribution in [0.15, 0.2) is 24.3 Å². The molecule has 102 valence electrons. The summed E-state index contributed by atoms with van der Waals surface area (Å²) in [6.07, 6.45) is -5.74. The van der Waals surface area contributed by atoms with E-state index in [0.29, 0.717) is 0 Å². The fraction of sp³-hybridized carbons (Fsp3) is 0.538. The van der Waals surface area contributed by atoms with Gasteiger partial charge in [0.1, 0.15) is 6.10 Å². The molecule has 1 unspecified atom stereocenters. The van der Waals surface area contributed by atoms with E-state index < -0.39 is 23.4 Å². The molecule has 0 spiro atoms. The molecule has 0 aromatic heterocycles. The molecule has 0 aliphatic heterocycles. The number of benzene rings is 1. The lowest BCUT2D eigenvalue weighted by Crippen LogP contribution is -2.36. The number of hydrogen-bond donors (Lipinski definition) is 2. The van der Waals surface area contributed by atoms with Crippen molar-refractivity contribution in [3.63, 3.8) is 0 Å². The van der Waals surface area contributed by atoms with Gasteiger partial charge in [-0.15, -0.1) is 0 Å². The van der Waals surface area contributed by atoms with Gasteiger partial charge in [-0.05, 0) is 24.5 Å². The molecule has 0 aliphatic rings. The molecule has 1 aromatic rings. The fourth-order valence-corrected chi connectivity index (χ4v) is 1.92. The molecule has 0 fully saturated rings. The van der Waals surface area contributed by atoms with Crippen molar-refractivity contribution >= 4 is 0 Å². The van der Waals surface area contributed by atoms with Gasteiger partial charge in [0.05, 0.1) is 11.2 Å². The first-order chi connectivity index (χ1) is 8.26. The van der Waals surface area contributed by atoms with Gasteiger partial charge in [-0.2, -0.15) is 13.2 Å². The molecule has 18 heavy (non-hydrogen) atoms. The number of rotatable bonds is 4. The average molecular weight is 262 g/mol. The van der Waals surface area contributed by atoms with Crippen LogP contribution in [0.3, 0.4) is 0 Å². The van der Waals surface area contributed by atoms with Crippen LogP contribution in [0.1, 0.15) is 43.9 Å². The van der Waals surface area contributed by atoms with Crippen LogP contribution in [0.4, 0.5) is 13.2 Å². The third-order valence-electron chi connectivity index (χ3n) is 3.29. The van der Waals surface area contributed by atoms with Crippen molar-refractivity contribution in [1.29, 1.82) is 0 Å². The van der Waals surface area contributed by atoms with Crippen molar-refractivity contribution in [3.05, 3.63) is 35.4 Å². The molecule has 0 aliphatic carbocycles. The van der Waals surface area contributed by atoms with Gasteiger partial charge in [0.2, 0.25) is 0 Å². The summed E-state index contributed by atoms with van der Waals surface area (Å²) < 4.78 is 38.4. The summed E-state index contributed by atoms with van der Waals surface area (Å²) in [5, 5.41) is 20.2. The molecule has 5 heteroatoms. The van der Waals surface area contributed by atoms with Gasteiger partial charge in [0.15, 0.2) is 0 Å². The largest absolute Gasteiger partial charge is 0.416 e. The number of hydrogen-bond acceptors (Lipinski definition) is 2. The molecular formula is C13H17F3O2. The van der Waals surface area contributed by atoms with E-state index >= 15 is 0 Å². The molecule has 1 atom stereocenters. The van der Waals surface area contributed by atoms with E-state index in [2.05, 4.69) is 0 Å². The SMILES string of the molecule is CCC(O)(CC)C(O)c1ccccc1C(F)(F)F. The van der Waals surface area contributed by atoms with Gasteiger partial charge < -0.3 is 10.2 Å². The smallest absolute Gasteiger partial charge is 0.387 e. The van der Waals surface area contributed by atoms with Crippen molar-refractivity contribution in [2.45, 2.75) is 44.6 Å². The summed E-state index contributed by atoms with van der Waals surface area (Å²) in [7, 11) is 0. The number of aliphatic hydroxyl groups is 2. The van der Waals surface area contributed by atoms with Gasteiger partial charge in [0, 0.05) is 0 Å². The van der Waals surface area contributed by atoms with Crippen LogP contribution in [0.25, 0.3) is 0 Å². The Hall–Kier alpha value is -1.07. The normalized spacial score (nSPS) is 14.6. The Balaban J connectivity index is 3.25. The summed E-state index contributed by atoms with van der Waals surface area (Å²) in [6.45, 7) is 3.26. The number of halogens is 3. The van der Waals surface area contributed by atoms with E-state index in [0.717, 1.165) is 6.07 Å². The van der Waals surface area contributed by atoms with Crippen LogP contribution in [0, 0.1) is 0 Å². The van der Waals surface area contributed by atoms with Gasteiger partial charge in [-0.3, -0.25) is 0 Å². The van der Waals surface area contributed by atoms with Crippen molar-refractivity contribution in [2.24, 2.45) is 0 Å². The minimum absolute atomic E-state index is 0.177. The minimum atomic E-state index is -4.54. The second kappa shape index (κ2) is 5.28. The molecule has 0 amide bonds. The van der Waals surface area contributed by atoms with Gasteiger partial charge in [-0.25, -0.2) is 0 Å². The lowest BCUT2D eigenvalue weighted by atomic mass is 9.84. The Morgan fingerprint density at radius 3 is 2.06 bits per heavy atom. The minimum Gasteiger partial charge on any atom is -0.387 e. The quantitative estimate of drug-likeness (QED) is 0.874. The Kier molecular flexibility index (Phi) is 4.40. The Morgan fingerprint density at radius 2 is 1.61 bits per heavy atom. The summed E-state index contributed by atoms with van der Waals surface area (Å²) >= 11 is 0. The Bertz CT molecular complexity index is 397. The van der Waals surface area contributed by atoms with E-state index in [1.54, 1.807) is 13.8 Å². The Morgan fingerprint density at radius 1 is 1.11 bits per heavy atom. The molecule has 2 nitrogen and oxygen atoms in total. The van der Waals surface area contributed by atoms with E-state index in [4.69, 9.17) is 0 Å². The van der Waals surface area contributed by atoms with Crippen LogP contribution >= 0.6 is 0 Å². The highest BCUT2D eigenvalue weighted by Crippen LogP contribution is 2.39. The van der Waals surface area contributed by atoms with Crippen LogP contribution in [-0.2, 0) is 6.18 Å². The molecule has 0 radical (unpaired) electrons. The third-order valence-corrected chi connectivity index (χ3v) is 3.29. The predicted octanol–water partition coefficient (Wildman–Crippen LogP) is 3.29. The van der Waals surface area contributed by atoms with Crippen LogP contribution < -0.4 is 0 Å². The first kappa shape index (κ1) is 15.0. The van der Waals surface area contributed by atoms with Crippen LogP contribution in [0.2, 0.25) is 0 Å². The van der Waals surface area contributed by atoms with Crippen molar-refractivity contribution in [3.8, 4) is 0 Å². The zero-order valence-corrected chi connectivity index (χ0v) is 10.3. The van der Waals surface area contributed by atoms with Crippen molar-refractivity contribution in [1.82, 2.24) is 0 Å². The molecular weight excluding hydrogens is 245 g/mol. The summed E-state index contributed by atoms with van der Waals surface area (Å²) in [5.74, 6) is 0. The lowest BCUT2D eigenvalue weighted by Gasteiger charge is -2.32. The Labute approximate surface area is 104 Å². The monoisotopic (exact) mass is 262 g/mol. The van der Waals surface area contributed by atoms with E-state index in [1.807, 2.05) is 0 Å². The summed E-state index contributed by atoms with van der Waals surface area (Å²) in [4.78, 5) is 0. The third kappa shape index (κ3) is 2.84. The number of alkyl halides is 3. The van der Waals surface area contributed by atoms with Gasteiger partial charge >= 0.3 is 6.18 Å². The molecule has 1 aromatic carbocycles. The van der Waals surface area contributed by atoms with E-state index in [9.17, 15) is 23.4 Å². The maximum Gasteiger partial charge on any atom is 0.416 e. The van der Waals surface area contributed by atoms with Crippen molar-refractivity contribution < 1.29 is 23.4 Å². The molecule has 0 saturated heterocycles. The van der Waals surface area contributed by atoms with E-state index in [1.165, 1.54) is 18.2 Å². The lowest BCUT2D eigenvalue weighted by molar-refractivity contribution is -0.142. The highest BCUT2D eigenvalue weighted by molar-refractivity contribution is 5.33. The van der Waals surface area contributed by atoms with Crippen LogP contribution in [-0.4, -0.2) is 15.8 Å². The number of aliphatic hydroxyl groups excluding tert-OH is 1.